The third kappa shape index (κ3) is 6.07. The summed E-state index contributed by atoms with van der Waals surface area (Å²) in [7, 11) is 0. The van der Waals surface area contributed by atoms with Crippen molar-refractivity contribution in [2.24, 2.45) is 5.73 Å². The van der Waals surface area contributed by atoms with Crippen molar-refractivity contribution in [3.05, 3.63) is 41.6 Å². The molecule has 33 heavy (non-hydrogen) atoms. The van der Waals surface area contributed by atoms with Crippen molar-refractivity contribution in [1.82, 2.24) is 10.2 Å². The summed E-state index contributed by atoms with van der Waals surface area (Å²) in [4.78, 5) is 51.6. The van der Waals surface area contributed by atoms with E-state index >= 15 is 0 Å². The predicted octanol–water partition coefficient (Wildman–Crippen LogP) is 3.10. The van der Waals surface area contributed by atoms with E-state index in [4.69, 9.17) is 10.5 Å². The zero-order valence-corrected chi connectivity index (χ0v) is 19.1. The van der Waals surface area contributed by atoms with Crippen molar-refractivity contribution in [2.45, 2.75) is 70.3 Å². The van der Waals surface area contributed by atoms with Crippen LogP contribution in [0.1, 0.15) is 84.9 Å². The van der Waals surface area contributed by atoms with Gasteiger partial charge in [-0.15, -0.1) is 0 Å². The van der Waals surface area contributed by atoms with Crippen LogP contribution in [0, 0.1) is 0 Å². The summed E-state index contributed by atoms with van der Waals surface area (Å²) in [5.74, 6) is -1.36. The lowest BCUT2D eigenvalue weighted by molar-refractivity contribution is -0.125. The van der Waals surface area contributed by atoms with Gasteiger partial charge in [-0.1, -0.05) is 44.7 Å². The van der Waals surface area contributed by atoms with Crippen molar-refractivity contribution in [3.63, 3.8) is 0 Å². The minimum Gasteiger partial charge on any atom is -0.485 e. The molecular formula is C25H33N3O5. The van der Waals surface area contributed by atoms with Crippen molar-refractivity contribution in [2.75, 3.05) is 13.2 Å². The average Bonchev–Trinajstić information content (AvgIpc) is 3.05. The van der Waals surface area contributed by atoms with Gasteiger partial charge in [0.25, 0.3) is 11.8 Å². The molecule has 1 aromatic rings. The average molecular weight is 456 g/mol. The van der Waals surface area contributed by atoms with Gasteiger partial charge in [-0.05, 0) is 44.4 Å². The van der Waals surface area contributed by atoms with Gasteiger partial charge in [-0.3, -0.25) is 24.1 Å². The van der Waals surface area contributed by atoms with Crippen molar-refractivity contribution >= 4 is 23.5 Å². The number of benzene rings is 1. The standard InChI is InChI=1S/C25H33N3O5/c1-17-13-14-20(23(30)27-17)28-24(31)19-11-9-12-21(22(19)25(28)32)33-16-18(29)10-7-5-3-2-4-6-8-15-26/h9,11-12,20H,1-8,10,13-16,26H2,(H,27,30). The van der Waals surface area contributed by atoms with Crippen LogP contribution >= 0.6 is 0 Å². The van der Waals surface area contributed by atoms with E-state index in [-0.39, 0.29) is 29.3 Å². The molecule has 2 aliphatic rings. The molecule has 3 amide bonds. The summed E-state index contributed by atoms with van der Waals surface area (Å²) in [5.41, 5.74) is 6.36. The third-order valence-electron chi connectivity index (χ3n) is 6.09. The Morgan fingerprint density at radius 2 is 1.76 bits per heavy atom. The maximum absolute atomic E-state index is 13.1. The van der Waals surface area contributed by atoms with Gasteiger partial charge in [-0.2, -0.15) is 0 Å². The summed E-state index contributed by atoms with van der Waals surface area (Å²) in [6.07, 6.45) is 8.69. The quantitative estimate of drug-likeness (QED) is 0.348. The second-order valence-corrected chi connectivity index (χ2v) is 8.65. The number of carbonyl (C=O) groups is 4. The highest BCUT2D eigenvalue weighted by atomic mass is 16.5. The first-order valence-electron chi connectivity index (χ1n) is 11.8. The first-order valence-corrected chi connectivity index (χ1v) is 11.8. The molecule has 0 saturated carbocycles. The summed E-state index contributed by atoms with van der Waals surface area (Å²) in [6, 6.07) is 3.84. The van der Waals surface area contributed by atoms with Gasteiger partial charge in [0.2, 0.25) is 5.91 Å². The Hall–Kier alpha value is -3.00. The topological polar surface area (TPSA) is 119 Å². The molecule has 178 valence electrons. The van der Waals surface area contributed by atoms with E-state index in [1.807, 2.05) is 0 Å². The lowest BCUT2D eigenvalue weighted by atomic mass is 10.0. The molecule has 1 saturated heterocycles. The number of amides is 3. The molecule has 2 aliphatic heterocycles. The van der Waals surface area contributed by atoms with Gasteiger partial charge in [0.15, 0.2) is 5.78 Å². The fourth-order valence-electron chi connectivity index (χ4n) is 4.26. The first kappa shape index (κ1) is 24.6. The molecule has 0 spiro atoms. The van der Waals surface area contributed by atoms with Gasteiger partial charge in [-0.25, -0.2) is 0 Å². The molecule has 2 heterocycles. The molecular weight excluding hydrogens is 422 g/mol. The fraction of sp³-hybridized carbons (Fsp3) is 0.520. The molecule has 0 radical (unpaired) electrons. The van der Waals surface area contributed by atoms with E-state index in [2.05, 4.69) is 11.9 Å². The molecule has 1 atom stereocenters. The van der Waals surface area contributed by atoms with E-state index in [9.17, 15) is 19.2 Å². The molecule has 0 aliphatic carbocycles. The molecule has 3 rings (SSSR count). The highest BCUT2D eigenvalue weighted by Gasteiger charge is 2.45. The number of hydrogen-bond donors (Lipinski definition) is 2. The van der Waals surface area contributed by atoms with Crippen LogP contribution in [0.25, 0.3) is 0 Å². The molecule has 0 aromatic heterocycles. The van der Waals surface area contributed by atoms with Crippen molar-refractivity contribution < 1.29 is 23.9 Å². The minimum absolute atomic E-state index is 0.0467. The van der Waals surface area contributed by atoms with Gasteiger partial charge >= 0.3 is 0 Å². The summed E-state index contributed by atoms with van der Waals surface area (Å²) < 4.78 is 5.66. The maximum atomic E-state index is 13.1. The maximum Gasteiger partial charge on any atom is 0.266 e. The number of ketones is 1. The van der Waals surface area contributed by atoms with E-state index < -0.39 is 23.8 Å². The van der Waals surface area contributed by atoms with Gasteiger partial charge in [0.05, 0.1) is 11.1 Å². The largest absolute Gasteiger partial charge is 0.485 e. The molecule has 8 nitrogen and oxygen atoms in total. The number of unbranched alkanes of at least 4 members (excludes halogenated alkanes) is 6. The normalized spacial score (nSPS) is 17.8. The van der Waals surface area contributed by atoms with Crippen LogP contribution in [0.5, 0.6) is 5.75 Å². The SMILES string of the molecule is C=C1CCC(N2C(=O)c3cccc(OCC(=O)CCCCCCCCCN)c3C2=O)C(=O)N1. The van der Waals surface area contributed by atoms with Crippen LogP contribution in [-0.4, -0.2) is 47.6 Å². The number of nitrogens with two attached hydrogens (primary N) is 1. The Bertz CT molecular complexity index is 927. The lowest BCUT2D eigenvalue weighted by Gasteiger charge is -2.29. The second-order valence-electron chi connectivity index (χ2n) is 8.65. The van der Waals surface area contributed by atoms with Gasteiger partial charge < -0.3 is 15.8 Å². The fourth-order valence-corrected chi connectivity index (χ4v) is 4.26. The smallest absolute Gasteiger partial charge is 0.266 e. The molecule has 3 N–H and O–H groups in total. The Morgan fingerprint density at radius 3 is 2.45 bits per heavy atom. The number of piperidine rings is 1. The zero-order valence-electron chi connectivity index (χ0n) is 19.1. The Labute approximate surface area is 194 Å². The van der Waals surface area contributed by atoms with Crippen molar-refractivity contribution in [3.8, 4) is 5.75 Å². The summed E-state index contributed by atoms with van der Waals surface area (Å²) in [6.45, 7) is 4.31. The Balaban J connectivity index is 1.52. The molecule has 1 aromatic carbocycles. The minimum atomic E-state index is -0.882. The number of imide groups is 1. The number of hydrogen-bond acceptors (Lipinski definition) is 6. The van der Waals surface area contributed by atoms with Crippen LogP contribution in [0.2, 0.25) is 0 Å². The van der Waals surface area contributed by atoms with E-state index in [1.54, 1.807) is 12.1 Å². The predicted molar refractivity (Wildman–Crippen MR) is 124 cm³/mol. The number of ether oxygens (including phenoxy) is 1. The van der Waals surface area contributed by atoms with Crippen LogP contribution in [-0.2, 0) is 9.59 Å². The van der Waals surface area contributed by atoms with E-state index in [0.717, 1.165) is 50.0 Å². The number of fused-ring (bicyclic) bond motifs is 1. The summed E-state index contributed by atoms with van der Waals surface area (Å²) in [5, 5.41) is 2.61. The molecule has 8 heteroatoms. The lowest BCUT2D eigenvalue weighted by Crippen LogP contribution is -2.51. The monoisotopic (exact) mass is 455 g/mol. The van der Waals surface area contributed by atoms with Gasteiger partial charge in [0, 0.05) is 12.1 Å². The first-order chi connectivity index (χ1) is 15.9. The van der Waals surface area contributed by atoms with Crippen LogP contribution < -0.4 is 15.8 Å². The number of carbonyl (C=O) groups excluding carboxylic acids is 4. The number of allylic oxidation sites excluding steroid dienone is 1. The second kappa shape index (κ2) is 11.7. The Kier molecular flexibility index (Phi) is 8.77. The highest BCUT2D eigenvalue weighted by Crippen LogP contribution is 2.34. The number of nitrogens with one attached hydrogen (secondary N) is 1. The molecule has 0 bridgehead atoms. The third-order valence-corrected chi connectivity index (χ3v) is 6.09. The molecule has 1 unspecified atom stereocenters. The van der Waals surface area contributed by atoms with E-state index in [0.29, 0.717) is 25.0 Å². The highest BCUT2D eigenvalue weighted by molar-refractivity contribution is 6.24. The number of Topliss-reactive ketones (excluding diaryl/α,β-unsaturated/α-hetero) is 1. The Morgan fingerprint density at radius 1 is 1.06 bits per heavy atom. The van der Waals surface area contributed by atoms with Crippen LogP contribution in [0.15, 0.2) is 30.5 Å². The number of rotatable bonds is 13. The summed E-state index contributed by atoms with van der Waals surface area (Å²) >= 11 is 0. The number of nitrogens with zero attached hydrogens (tertiary/aromatic N) is 1. The molecule has 1 fully saturated rings. The zero-order chi connectivity index (χ0) is 23.8. The van der Waals surface area contributed by atoms with Crippen LogP contribution in [0.4, 0.5) is 0 Å². The van der Waals surface area contributed by atoms with Crippen molar-refractivity contribution in [1.29, 1.82) is 0 Å². The van der Waals surface area contributed by atoms with Crippen LogP contribution in [0.3, 0.4) is 0 Å². The van der Waals surface area contributed by atoms with Gasteiger partial charge in [0.1, 0.15) is 18.4 Å². The van der Waals surface area contributed by atoms with E-state index in [1.165, 1.54) is 12.5 Å².